The van der Waals surface area contributed by atoms with Crippen LogP contribution >= 0.6 is 46.2 Å². The smallest absolute Gasteiger partial charge is 0.242 e. The van der Waals surface area contributed by atoms with Crippen LogP contribution in [0.4, 0.5) is 0 Å². The van der Waals surface area contributed by atoms with Crippen LogP contribution in [0.3, 0.4) is 0 Å². The van der Waals surface area contributed by atoms with Crippen LogP contribution in [0.1, 0.15) is 20.9 Å². The van der Waals surface area contributed by atoms with Crippen molar-refractivity contribution < 1.29 is 9.47 Å². The summed E-state index contributed by atoms with van der Waals surface area (Å²) in [7, 11) is 0. The summed E-state index contributed by atoms with van der Waals surface area (Å²) in [6.45, 7) is 1.48. The summed E-state index contributed by atoms with van der Waals surface area (Å²) in [5, 5.41) is 0. The highest BCUT2D eigenvalue weighted by molar-refractivity contribution is 8.00. The molecule has 0 saturated carbocycles. The molecule has 0 amide bonds. The maximum atomic E-state index is 6.26. The van der Waals surface area contributed by atoms with Crippen LogP contribution in [0.2, 0.25) is 0 Å². The van der Waals surface area contributed by atoms with E-state index in [-0.39, 0.29) is 0 Å². The Morgan fingerprint density at radius 1 is 0.905 bits per heavy atom. The maximum Gasteiger partial charge on any atom is 0.242 e. The number of ether oxygens (including phenoxy) is 2. The van der Waals surface area contributed by atoms with Gasteiger partial charge in [-0.2, -0.15) is 0 Å². The molecule has 2 aromatic heterocycles. The van der Waals surface area contributed by atoms with Gasteiger partial charge in [0.25, 0.3) is 0 Å². The fraction of sp³-hybridized carbons (Fsp3) is 0.467. The van der Waals surface area contributed by atoms with Gasteiger partial charge in [0.1, 0.15) is 0 Å². The standard InChI is InChI=1S/C15H16O2S4/c1-18-11-7-9-3-5-16-15(13(9)20-11)14-10(4-6-17-15)8-12(19-2)21-14/h7-8H,3-6H2,1-2H3. The molecule has 0 aliphatic carbocycles. The fourth-order valence-electron chi connectivity index (χ4n) is 2.95. The minimum Gasteiger partial charge on any atom is -0.341 e. The summed E-state index contributed by atoms with van der Waals surface area (Å²) in [5.41, 5.74) is 2.81. The Morgan fingerprint density at radius 3 is 1.81 bits per heavy atom. The molecule has 0 saturated heterocycles. The van der Waals surface area contributed by atoms with Gasteiger partial charge in [0, 0.05) is 0 Å². The second kappa shape index (κ2) is 5.58. The number of fused-ring (bicyclic) bond motifs is 4. The summed E-state index contributed by atoms with van der Waals surface area (Å²) in [6, 6.07) is 4.63. The molecule has 4 heterocycles. The lowest BCUT2D eigenvalue weighted by atomic mass is 9.98. The molecule has 1 spiro atoms. The lowest BCUT2D eigenvalue weighted by Gasteiger charge is -2.39. The van der Waals surface area contributed by atoms with Gasteiger partial charge in [-0.1, -0.05) is 0 Å². The van der Waals surface area contributed by atoms with Gasteiger partial charge in [0.05, 0.1) is 31.4 Å². The molecule has 2 nitrogen and oxygen atoms in total. The Kier molecular flexibility index (Phi) is 3.88. The molecule has 2 aliphatic rings. The Morgan fingerprint density at radius 2 is 1.38 bits per heavy atom. The highest BCUT2D eigenvalue weighted by Gasteiger charge is 2.47. The van der Waals surface area contributed by atoms with Crippen molar-refractivity contribution in [1.82, 2.24) is 0 Å². The van der Waals surface area contributed by atoms with Crippen molar-refractivity contribution in [3.63, 3.8) is 0 Å². The van der Waals surface area contributed by atoms with Crippen molar-refractivity contribution >= 4 is 46.2 Å². The topological polar surface area (TPSA) is 18.5 Å². The van der Waals surface area contributed by atoms with Crippen LogP contribution in [0.15, 0.2) is 20.6 Å². The Bertz CT molecular complexity index is 615. The minimum absolute atomic E-state index is 0.627. The molecule has 0 bridgehead atoms. The summed E-state index contributed by atoms with van der Waals surface area (Å²) in [6.07, 6.45) is 6.26. The molecular weight excluding hydrogens is 340 g/mol. The van der Waals surface area contributed by atoms with Gasteiger partial charge >= 0.3 is 0 Å². The molecule has 0 atom stereocenters. The third-order valence-electron chi connectivity index (χ3n) is 3.93. The quantitative estimate of drug-likeness (QED) is 0.732. The summed E-state index contributed by atoms with van der Waals surface area (Å²) < 4.78 is 15.2. The number of thiophene rings is 2. The highest BCUT2D eigenvalue weighted by Crippen LogP contribution is 2.51. The molecule has 0 N–H and O–H groups in total. The van der Waals surface area contributed by atoms with Crippen LogP contribution in [-0.2, 0) is 28.1 Å². The highest BCUT2D eigenvalue weighted by atomic mass is 32.2. The van der Waals surface area contributed by atoms with Crippen molar-refractivity contribution in [1.29, 1.82) is 0 Å². The molecular formula is C15H16O2S4. The van der Waals surface area contributed by atoms with Gasteiger partial charge in [-0.15, -0.1) is 46.2 Å². The van der Waals surface area contributed by atoms with Crippen LogP contribution < -0.4 is 0 Å². The molecule has 0 radical (unpaired) electrons. The first kappa shape index (κ1) is 14.6. The van der Waals surface area contributed by atoms with Crippen molar-refractivity contribution in [3.05, 3.63) is 33.0 Å². The van der Waals surface area contributed by atoms with Gasteiger partial charge in [-0.3, -0.25) is 0 Å². The summed E-state index contributed by atoms with van der Waals surface area (Å²) >= 11 is 7.28. The Balaban J connectivity index is 1.90. The van der Waals surface area contributed by atoms with Gasteiger partial charge in [0.15, 0.2) is 0 Å². The van der Waals surface area contributed by atoms with E-state index in [1.165, 1.54) is 29.3 Å². The molecule has 2 aromatic rings. The third-order valence-corrected chi connectivity index (χ3v) is 8.58. The molecule has 4 rings (SSSR count). The van der Waals surface area contributed by atoms with E-state index < -0.39 is 5.79 Å². The van der Waals surface area contributed by atoms with Crippen LogP contribution in [0.25, 0.3) is 0 Å². The molecule has 0 aromatic carbocycles. The molecule has 21 heavy (non-hydrogen) atoms. The van der Waals surface area contributed by atoms with Crippen LogP contribution in [0.5, 0.6) is 0 Å². The first-order chi connectivity index (χ1) is 10.3. The summed E-state index contributed by atoms with van der Waals surface area (Å²) in [5.74, 6) is -0.627. The van der Waals surface area contributed by atoms with E-state index in [4.69, 9.17) is 9.47 Å². The maximum absolute atomic E-state index is 6.26. The van der Waals surface area contributed by atoms with Gasteiger partial charge in [-0.25, -0.2) is 0 Å². The lowest BCUT2D eigenvalue weighted by Crippen LogP contribution is -2.41. The Labute approximate surface area is 141 Å². The van der Waals surface area contributed by atoms with Crippen LogP contribution in [-0.4, -0.2) is 25.7 Å². The van der Waals surface area contributed by atoms with Gasteiger partial charge < -0.3 is 9.47 Å². The first-order valence-corrected chi connectivity index (χ1v) is 11.0. The SMILES string of the molecule is CSc1cc2c(s1)C1(OCC2)OCCc2cc(SC)sc21. The summed E-state index contributed by atoms with van der Waals surface area (Å²) in [4.78, 5) is 2.54. The predicted molar refractivity (Wildman–Crippen MR) is 92.3 cm³/mol. The van der Waals surface area contributed by atoms with E-state index in [0.29, 0.717) is 0 Å². The molecule has 0 unspecified atom stereocenters. The van der Waals surface area contributed by atoms with E-state index >= 15 is 0 Å². The van der Waals surface area contributed by atoms with Gasteiger partial charge in [-0.05, 0) is 48.6 Å². The normalized spacial score (nSPS) is 19.5. The second-order valence-corrected chi connectivity index (χ2v) is 9.38. The largest absolute Gasteiger partial charge is 0.341 e. The number of hydrogen-bond donors (Lipinski definition) is 0. The average molecular weight is 357 g/mol. The third kappa shape index (κ3) is 2.23. The minimum atomic E-state index is -0.627. The van der Waals surface area contributed by atoms with Crippen molar-refractivity contribution in [3.8, 4) is 0 Å². The van der Waals surface area contributed by atoms with E-state index in [1.807, 2.05) is 46.2 Å². The predicted octanol–water partition coefficient (Wildman–Crippen LogP) is 4.60. The van der Waals surface area contributed by atoms with Crippen LogP contribution in [0, 0.1) is 0 Å². The zero-order chi connectivity index (χ0) is 14.4. The first-order valence-electron chi connectivity index (χ1n) is 6.89. The lowest BCUT2D eigenvalue weighted by molar-refractivity contribution is -0.225. The fourth-order valence-corrected chi connectivity index (χ4v) is 6.80. The average Bonchev–Trinajstić information content (AvgIpc) is 3.12. The van der Waals surface area contributed by atoms with E-state index in [2.05, 4.69) is 24.6 Å². The van der Waals surface area contributed by atoms with Gasteiger partial charge in [0.2, 0.25) is 5.79 Å². The zero-order valence-corrected chi connectivity index (χ0v) is 15.2. The second-order valence-electron chi connectivity index (χ2n) is 5.06. The monoisotopic (exact) mass is 356 g/mol. The molecule has 6 heteroatoms. The van der Waals surface area contributed by atoms with E-state index in [9.17, 15) is 0 Å². The number of hydrogen-bond acceptors (Lipinski definition) is 6. The molecule has 112 valence electrons. The Hall–Kier alpha value is 0.0200. The van der Waals surface area contributed by atoms with Crippen molar-refractivity contribution in [2.75, 3.05) is 25.7 Å². The number of thioether (sulfide) groups is 2. The van der Waals surface area contributed by atoms with Crippen molar-refractivity contribution in [2.24, 2.45) is 0 Å². The number of rotatable bonds is 2. The van der Waals surface area contributed by atoms with E-state index in [1.54, 1.807) is 0 Å². The zero-order valence-electron chi connectivity index (χ0n) is 11.9. The molecule has 2 aliphatic heterocycles. The molecule has 0 fully saturated rings. The van der Waals surface area contributed by atoms with E-state index in [0.717, 1.165) is 26.1 Å². The van der Waals surface area contributed by atoms with Crippen molar-refractivity contribution in [2.45, 2.75) is 27.0 Å².